The van der Waals surface area contributed by atoms with Gasteiger partial charge in [-0.25, -0.2) is 9.37 Å². The Kier molecular flexibility index (Phi) is 7.47. The van der Waals surface area contributed by atoms with Gasteiger partial charge in [-0.15, -0.1) is 11.3 Å². The quantitative estimate of drug-likeness (QED) is 0.312. The molecular formula is C33H34FN5O4S. The molecule has 0 spiro atoms. The molecule has 0 radical (unpaired) electrons. The maximum absolute atomic E-state index is 15.3. The standard InChI is InChI=1S/C33H34FN5O4S/c1-37-16-22(17-37)43-21-7-8-30(35-14-21)36-27-11-19(15-38(2)32(27)41)25-12-20(34)13-28(26(25)18-40)39-10-9-24-23-5-3-4-6-29(23)44-31(24)33(39)42/h7-8,11-15,22,40H,3-6,9-10,16-18H2,1-2H3,(H,35,36). The highest BCUT2D eigenvalue weighted by Gasteiger charge is 2.33. The zero-order valence-electron chi connectivity index (χ0n) is 24.7. The fourth-order valence-electron chi connectivity index (χ4n) is 6.55. The zero-order valence-corrected chi connectivity index (χ0v) is 25.5. The second-order valence-corrected chi connectivity index (χ2v) is 13.0. The van der Waals surface area contributed by atoms with E-state index in [0.29, 0.717) is 46.9 Å². The van der Waals surface area contributed by atoms with Crippen LogP contribution in [-0.4, -0.2) is 58.3 Å². The second kappa shape index (κ2) is 11.5. The number of anilines is 3. The van der Waals surface area contributed by atoms with E-state index < -0.39 is 12.4 Å². The van der Waals surface area contributed by atoms with Gasteiger partial charge in [-0.1, -0.05) is 0 Å². The summed E-state index contributed by atoms with van der Waals surface area (Å²) in [5, 5.41) is 13.7. The fourth-order valence-corrected chi connectivity index (χ4v) is 7.94. The second-order valence-electron chi connectivity index (χ2n) is 11.9. The first-order chi connectivity index (χ1) is 21.3. The SMILES string of the molecule is CN1CC(Oc2ccc(Nc3cc(-c4cc(F)cc(N5CCc6c(sc7c6CCCC7)C5=O)c4CO)cn(C)c3=O)nc2)C1. The smallest absolute Gasteiger partial charge is 0.274 e. The monoisotopic (exact) mass is 615 g/mol. The lowest BCUT2D eigenvalue weighted by Gasteiger charge is -2.35. The average Bonchev–Trinajstić information content (AvgIpc) is 3.39. The number of fused-ring (bicyclic) bond motifs is 3. The third kappa shape index (κ3) is 5.18. The van der Waals surface area contributed by atoms with E-state index in [0.717, 1.165) is 49.2 Å². The van der Waals surface area contributed by atoms with Gasteiger partial charge in [0.15, 0.2) is 0 Å². The Balaban J connectivity index is 1.20. The molecule has 1 fully saturated rings. The molecule has 44 heavy (non-hydrogen) atoms. The molecule has 9 nitrogen and oxygen atoms in total. The number of aliphatic hydroxyl groups is 1. The number of aryl methyl sites for hydroxylation is 2. The van der Waals surface area contributed by atoms with Gasteiger partial charge in [-0.05, 0) is 86.2 Å². The molecule has 1 aliphatic carbocycles. The number of rotatable bonds is 7. The summed E-state index contributed by atoms with van der Waals surface area (Å²) in [5.41, 5.74) is 4.13. The van der Waals surface area contributed by atoms with Crippen LogP contribution < -0.4 is 20.5 Å². The number of ether oxygens (including phenoxy) is 1. The van der Waals surface area contributed by atoms with Crippen LogP contribution in [0.4, 0.5) is 21.6 Å². The van der Waals surface area contributed by atoms with E-state index in [-0.39, 0.29) is 23.3 Å². The molecule has 5 heterocycles. The van der Waals surface area contributed by atoms with Crippen molar-refractivity contribution in [1.82, 2.24) is 14.5 Å². The van der Waals surface area contributed by atoms with E-state index in [1.54, 1.807) is 53.9 Å². The Hall–Kier alpha value is -4.06. The summed E-state index contributed by atoms with van der Waals surface area (Å²) in [5.74, 6) is 0.419. The molecule has 2 N–H and O–H groups in total. The van der Waals surface area contributed by atoms with Crippen molar-refractivity contribution in [2.45, 2.75) is 44.8 Å². The minimum atomic E-state index is -0.533. The molecule has 0 bridgehead atoms. The molecule has 0 atom stereocenters. The molecule has 1 aromatic carbocycles. The summed E-state index contributed by atoms with van der Waals surface area (Å²) in [6.07, 6.45) is 8.34. The van der Waals surface area contributed by atoms with Crippen LogP contribution in [0.5, 0.6) is 5.75 Å². The average molecular weight is 616 g/mol. The number of likely N-dealkylation sites (N-methyl/N-ethyl adjacent to an activating group) is 1. The Morgan fingerprint density at radius 3 is 2.66 bits per heavy atom. The number of carbonyl (C=O) groups excluding carboxylic acids is 1. The van der Waals surface area contributed by atoms with Crippen LogP contribution in [0.25, 0.3) is 11.1 Å². The predicted octanol–water partition coefficient (Wildman–Crippen LogP) is 4.66. The molecule has 1 amide bonds. The van der Waals surface area contributed by atoms with Gasteiger partial charge >= 0.3 is 0 Å². The number of thiophene rings is 1. The minimum Gasteiger partial charge on any atom is -0.486 e. The number of hydrogen-bond acceptors (Lipinski definition) is 8. The first-order valence-electron chi connectivity index (χ1n) is 15.0. The van der Waals surface area contributed by atoms with Crippen LogP contribution in [0.1, 0.15) is 44.1 Å². The lowest BCUT2D eigenvalue weighted by atomic mass is 9.91. The van der Waals surface area contributed by atoms with Crippen molar-refractivity contribution < 1.29 is 19.0 Å². The third-order valence-electron chi connectivity index (χ3n) is 8.77. The Morgan fingerprint density at radius 1 is 1.09 bits per heavy atom. The normalized spacial score (nSPS) is 16.8. The van der Waals surface area contributed by atoms with Gasteiger partial charge in [0.1, 0.15) is 29.2 Å². The van der Waals surface area contributed by atoms with E-state index in [9.17, 15) is 14.7 Å². The van der Waals surface area contributed by atoms with Gasteiger partial charge in [-0.2, -0.15) is 0 Å². The van der Waals surface area contributed by atoms with Gasteiger partial charge in [0, 0.05) is 48.9 Å². The molecule has 4 aromatic rings. The number of amides is 1. The van der Waals surface area contributed by atoms with Crippen molar-refractivity contribution in [3.8, 4) is 16.9 Å². The van der Waals surface area contributed by atoms with Crippen molar-refractivity contribution in [2.75, 3.05) is 36.9 Å². The maximum Gasteiger partial charge on any atom is 0.274 e. The fraction of sp³-hybridized carbons (Fsp3) is 0.364. The van der Waals surface area contributed by atoms with Gasteiger partial charge in [0.05, 0.1) is 23.4 Å². The number of likely N-dealkylation sites (tertiary alicyclic amines) is 1. The molecule has 1 saturated heterocycles. The Morgan fingerprint density at radius 2 is 1.91 bits per heavy atom. The third-order valence-corrected chi connectivity index (χ3v) is 10.1. The van der Waals surface area contributed by atoms with Gasteiger partial charge in [-0.3, -0.25) is 14.5 Å². The van der Waals surface area contributed by atoms with Crippen LogP contribution >= 0.6 is 11.3 Å². The highest BCUT2D eigenvalue weighted by atomic mass is 32.1. The van der Waals surface area contributed by atoms with Gasteiger partial charge in [0.2, 0.25) is 0 Å². The maximum atomic E-state index is 15.3. The van der Waals surface area contributed by atoms with E-state index in [2.05, 4.69) is 15.2 Å². The zero-order chi connectivity index (χ0) is 30.5. The van der Waals surface area contributed by atoms with E-state index in [1.165, 1.54) is 27.1 Å². The predicted molar refractivity (Wildman–Crippen MR) is 169 cm³/mol. The highest BCUT2D eigenvalue weighted by Crippen LogP contribution is 2.41. The number of nitrogens with zero attached hydrogens (tertiary/aromatic N) is 4. The lowest BCUT2D eigenvalue weighted by Crippen LogP contribution is -2.51. The highest BCUT2D eigenvalue weighted by molar-refractivity contribution is 7.14. The van der Waals surface area contributed by atoms with Crippen LogP contribution in [-0.2, 0) is 32.9 Å². The first kappa shape index (κ1) is 28.7. The van der Waals surface area contributed by atoms with Gasteiger partial charge in [0.25, 0.3) is 11.5 Å². The number of halogens is 1. The molecule has 228 valence electrons. The number of carbonyl (C=O) groups is 1. The van der Waals surface area contributed by atoms with Crippen LogP contribution in [0.15, 0.2) is 47.5 Å². The van der Waals surface area contributed by atoms with Crippen LogP contribution in [0, 0.1) is 5.82 Å². The lowest BCUT2D eigenvalue weighted by molar-refractivity contribution is 0.0386. The number of hydrogen-bond donors (Lipinski definition) is 2. The molecular weight excluding hydrogens is 581 g/mol. The summed E-state index contributed by atoms with van der Waals surface area (Å²) >= 11 is 1.57. The summed E-state index contributed by atoms with van der Waals surface area (Å²) in [4.78, 5) is 37.1. The number of benzene rings is 1. The summed E-state index contributed by atoms with van der Waals surface area (Å²) in [6.45, 7) is 1.73. The van der Waals surface area contributed by atoms with Crippen molar-refractivity contribution in [1.29, 1.82) is 0 Å². The van der Waals surface area contributed by atoms with E-state index in [1.807, 2.05) is 7.05 Å². The summed E-state index contributed by atoms with van der Waals surface area (Å²) in [6, 6.07) is 7.82. The summed E-state index contributed by atoms with van der Waals surface area (Å²) < 4.78 is 22.6. The summed E-state index contributed by atoms with van der Waals surface area (Å²) in [7, 11) is 3.65. The number of pyridine rings is 2. The topological polar surface area (TPSA) is 99.9 Å². The minimum absolute atomic E-state index is 0.138. The van der Waals surface area contributed by atoms with Crippen molar-refractivity contribution in [2.24, 2.45) is 7.05 Å². The number of nitrogens with one attached hydrogen (secondary N) is 1. The van der Waals surface area contributed by atoms with Crippen molar-refractivity contribution in [3.63, 3.8) is 0 Å². The Bertz CT molecular complexity index is 1810. The molecule has 3 aromatic heterocycles. The molecule has 0 unspecified atom stereocenters. The van der Waals surface area contributed by atoms with Crippen LogP contribution in [0.3, 0.4) is 0 Å². The van der Waals surface area contributed by atoms with E-state index in [4.69, 9.17) is 4.74 Å². The molecule has 2 aliphatic heterocycles. The van der Waals surface area contributed by atoms with Crippen molar-refractivity contribution >= 4 is 34.4 Å². The largest absolute Gasteiger partial charge is 0.486 e. The molecule has 0 saturated carbocycles. The molecule has 11 heteroatoms. The molecule has 7 rings (SSSR count). The van der Waals surface area contributed by atoms with E-state index >= 15 is 4.39 Å². The first-order valence-corrected chi connectivity index (χ1v) is 15.8. The molecule has 3 aliphatic rings. The number of aromatic nitrogens is 2. The Labute approximate surface area is 258 Å². The van der Waals surface area contributed by atoms with Gasteiger partial charge < -0.3 is 24.6 Å². The van der Waals surface area contributed by atoms with Crippen molar-refractivity contribution in [3.05, 3.63) is 85.3 Å². The number of aliphatic hydroxyl groups excluding tert-OH is 1. The van der Waals surface area contributed by atoms with Crippen LogP contribution in [0.2, 0.25) is 0 Å².